The van der Waals surface area contributed by atoms with Gasteiger partial charge in [0.1, 0.15) is 11.4 Å². The van der Waals surface area contributed by atoms with Gasteiger partial charge in [-0.2, -0.15) is 0 Å². The second-order valence-electron chi connectivity index (χ2n) is 6.51. The van der Waals surface area contributed by atoms with Crippen molar-refractivity contribution in [2.75, 3.05) is 26.7 Å². The summed E-state index contributed by atoms with van der Waals surface area (Å²) >= 11 is 0. The van der Waals surface area contributed by atoms with Crippen LogP contribution in [-0.2, 0) is 4.74 Å². The van der Waals surface area contributed by atoms with E-state index in [9.17, 15) is 4.79 Å². The number of amides is 1. The van der Waals surface area contributed by atoms with E-state index >= 15 is 0 Å². The molecule has 1 aromatic rings. The zero-order valence-corrected chi connectivity index (χ0v) is 15.2. The monoisotopic (exact) mass is 322 g/mol. The van der Waals surface area contributed by atoms with Gasteiger partial charge in [0, 0.05) is 25.7 Å². The molecule has 0 aliphatic rings. The molecule has 5 nitrogen and oxygen atoms in total. The lowest BCUT2D eigenvalue weighted by Crippen LogP contribution is -2.40. The standard InChI is InChI=1S/C18H30N2O3/c1-7-20(17(21)23-18(3,4)5)12-11-19-14(2)15-9-8-10-16(13-15)22-6/h8-10,13-14,19H,7,11-12H2,1-6H3. The number of ether oxygens (including phenoxy) is 2. The molecular formula is C18H30N2O3. The lowest BCUT2D eigenvalue weighted by atomic mass is 10.1. The van der Waals surface area contributed by atoms with E-state index in [1.54, 1.807) is 12.0 Å². The van der Waals surface area contributed by atoms with Gasteiger partial charge in [0.2, 0.25) is 0 Å². The molecule has 1 unspecified atom stereocenters. The third-order valence-electron chi connectivity index (χ3n) is 3.46. The average molecular weight is 322 g/mol. The fourth-order valence-corrected chi connectivity index (χ4v) is 2.15. The summed E-state index contributed by atoms with van der Waals surface area (Å²) in [5.74, 6) is 0.847. The van der Waals surface area contributed by atoms with Crippen molar-refractivity contribution < 1.29 is 14.3 Å². The van der Waals surface area contributed by atoms with Crippen LogP contribution < -0.4 is 10.1 Å². The fraction of sp³-hybridized carbons (Fsp3) is 0.611. The molecular weight excluding hydrogens is 292 g/mol. The molecule has 0 radical (unpaired) electrons. The summed E-state index contributed by atoms with van der Waals surface area (Å²) in [6.45, 7) is 11.6. The molecule has 0 saturated carbocycles. The molecule has 1 atom stereocenters. The van der Waals surface area contributed by atoms with Crippen LogP contribution in [-0.4, -0.2) is 43.3 Å². The highest BCUT2D eigenvalue weighted by Crippen LogP contribution is 2.18. The highest BCUT2D eigenvalue weighted by molar-refractivity contribution is 5.68. The average Bonchev–Trinajstić information content (AvgIpc) is 2.49. The first-order valence-corrected chi connectivity index (χ1v) is 8.12. The topological polar surface area (TPSA) is 50.8 Å². The van der Waals surface area contributed by atoms with Crippen molar-refractivity contribution in [1.29, 1.82) is 0 Å². The minimum atomic E-state index is -0.466. The number of nitrogens with one attached hydrogen (secondary N) is 1. The van der Waals surface area contributed by atoms with Crippen molar-refractivity contribution in [3.8, 4) is 5.75 Å². The molecule has 0 saturated heterocycles. The summed E-state index contributed by atoms with van der Waals surface area (Å²) in [5.41, 5.74) is 0.691. The Hall–Kier alpha value is -1.75. The van der Waals surface area contributed by atoms with E-state index in [1.165, 1.54) is 0 Å². The molecule has 0 spiro atoms. The molecule has 0 heterocycles. The van der Waals surface area contributed by atoms with Crippen molar-refractivity contribution in [2.45, 2.75) is 46.3 Å². The first-order chi connectivity index (χ1) is 10.8. The Kier molecular flexibility index (Phi) is 7.36. The molecule has 0 aliphatic heterocycles. The second-order valence-corrected chi connectivity index (χ2v) is 6.51. The summed E-state index contributed by atoms with van der Waals surface area (Å²) in [6.07, 6.45) is -0.268. The molecule has 0 bridgehead atoms. The molecule has 1 aromatic carbocycles. The van der Waals surface area contributed by atoms with E-state index in [2.05, 4.69) is 18.3 Å². The molecule has 1 amide bonds. The molecule has 5 heteroatoms. The summed E-state index contributed by atoms with van der Waals surface area (Å²) < 4.78 is 10.7. The summed E-state index contributed by atoms with van der Waals surface area (Å²) in [7, 11) is 1.66. The summed E-state index contributed by atoms with van der Waals surface area (Å²) in [4.78, 5) is 13.8. The number of benzene rings is 1. The number of rotatable bonds is 7. The molecule has 0 fully saturated rings. The second kappa shape index (κ2) is 8.77. The first-order valence-electron chi connectivity index (χ1n) is 8.12. The van der Waals surface area contributed by atoms with Gasteiger partial charge in [0.25, 0.3) is 0 Å². The fourth-order valence-electron chi connectivity index (χ4n) is 2.15. The maximum absolute atomic E-state index is 12.1. The Bertz CT molecular complexity index is 497. The summed E-state index contributed by atoms with van der Waals surface area (Å²) in [6, 6.07) is 8.17. The van der Waals surface area contributed by atoms with Crippen LogP contribution in [0.4, 0.5) is 4.79 Å². The van der Waals surface area contributed by atoms with E-state index in [0.717, 1.165) is 11.3 Å². The highest BCUT2D eigenvalue weighted by atomic mass is 16.6. The molecule has 0 aromatic heterocycles. The quantitative estimate of drug-likeness (QED) is 0.833. The van der Waals surface area contributed by atoms with E-state index in [0.29, 0.717) is 19.6 Å². The largest absolute Gasteiger partial charge is 0.497 e. The molecule has 1 rings (SSSR count). The zero-order chi connectivity index (χ0) is 17.5. The van der Waals surface area contributed by atoms with E-state index in [4.69, 9.17) is 9.47 Å². The SMILES string of the molecule is CCN(CCNC(C)c1cccc(OC)c1)C(=O)OC(C)(C)C. The molecule has 1 N–H and O–H groups in total. The van der Waals surface area contributed by atoms with E-state index in [1.807, 2.05) is 45.9 Å². The number of likely N-dealkylation sites (N-methyl/N-ethyl adjacent to an activating group) is 1. The third-order valence-corrected chi connectivity index (χ3v) is 3.46. The van der Waals surface area contributed by atoms with Crippen LogP contribution in [0.25, 0.3) is 0 Å². The predicted molar refractivity (Wildman–Crippen MR) is 92.9 cm³/mol. The van der Waals surface area contributed by atoms with Gasteiger partial charge in [-0.05, 0) is 52.3 Å². The Labute approximate surface area is 140 Å². The van der Waals surface area contributed by atoms with Crippen LogP contribution in [0, 0.1) is 0 Å². The maximum atomic E-state index is 12.1. The Morgan fingerprint density at radius 1 is 1.35 bits per heavy atom. The smallest absolute Gasteiger partial charge is 0.410 e. The zero-order valence-electron chi connectivity index (χ0n) is 15.2. The highest BCUT2D eigenvalue weighted by Gasteiger charge is 2.20. The van der Waals surface area contributed by atoms with E-state index in [-0.39, 0.29) is 12.1 Å². The van der Waals surface area contributed by atoms with E-state index < -0.39 is 5.60 Å². The van der Waals surface area contributed by atoms with Gasteiger partial charge in [0.05, 0.1) is 7.11 Å². The lowest BCUT2D eigenvalue weighted by Gasteiger charge is -2.27. The number of methoxy groups -OCH3 is 1. The van der Waals surface area contributed by atoms with Gasteiger partial charge in [-0.15, -0.1) is 0 Å². The number of nitrogens with zero attached hydrogens (tertiary/aromatic N) is 1. The number of hydrogen-bond acceptors (Lipinski definition) is 4. The van der Waals surface area contributed by atoms with Gasteiger partial charge in [-0.1, -0.05) is 12.1 Å². The van der Waals surface area contributed by atoms with Gasteiger partial charge in [0.15, 0.2) is 0 Å². The Balaban J connectivity index is 2.48. The molecule has 23 heavy (non-hydrogen) atoms. The van der Waals surface area contributed by atoms with Crippen molar-refractivity contribution in [2.24, 2.45) is 0 Å². The number of hydrogen-bond donors (Lipinski definition) is 1. The Morgan fingerprint density at radius 2 is 2.04 bits per heavy atom. The summed E-state index contributed by atoms with van der Waals surface area (Å²) in [5, 5.41) is 3.43. The van der Waals surface area contributed by atoms with Crippen LogP contribution in [0.1, 0.15) is 46.2 Å². The van der Waals surface area contributed by atoms with Crippen LogP contribution >= 0.6 is 0 Å². The van der Waals surface area contributed by atoms with Crippen LogP contribution in [0.5, 0.6) is 5.75 Å². The van der Waals surface area contributed by atoms with Crippen molar-refractivity contribution >= 4 is 6.09 Å². The maximum Gasteiger partial charge on any atom is 0.410 e. The van der Waals surface area contributed by atoms with Gasteiger partial charge >= 0.3 is 6.09 Å². The van der Waals surface area contributed by atoms with Crippen molar-refractivity contribution in [3.63, 3.8) is 0 Å². The number of carbonyl (C=O) groups excluding carboxylic acids is 1. The van der Waals surface area contributed by atoms with Gasteiger partial charge in [-0.3, -0.25) is 0 Å². The van der Waals surface area contributed by atoms with Crippen LogP contribution in [0.2, 0.25) is 0 Å². The van der Waals surface area contributed by atoms with Gasteiger partial charge < -0.3 is 19.7 Å². The Morgan fingerprint density at radius 3 is 2.61 bits per heavy atom. The first kappa shape index (κ1) is 19.3. The lowest BCUT2D eigenvalue weighted by molar-refractivity contribution is 0.0261. The van der Waals surface area contributed by atoms with Gasteiger partial charge in [-0.25, -0.2) is 4.79 Å². The minimum Gasteiger partial charge on any atom is -0.497 e. The normalized spacial score (nSPS) is 12.6. The van der Waals surface area contributed by atoms with Crippen LogP contribution in [0.15, 0.2) is 24.3 Å². The molecule has 130 valence electrons. The molecule has 0 aliphatic carbocycles. The van der Waals surface area contributed by atoms with Crippen LogP contribution in [0.3, 0.4) is 0 Å². The number of carbonyl (C=O) groups is 1. The van der Waals surface area contributed by atoms with Crippen molar-refractivity contribution in [3.05, 3.63) is 29.8 Å². The minimum absolute atomic E-state index is 0.183. The predicted octanol–water partition coefficient (Wildman–Crippen LogP) is 3.60. The third kappa shape index (κ3) is 6.91. The van der Waals surface area contributed by atoms with Crippen molar-refractivity contribution in [1.82, 2.24) is 10.2 Å².